The molecule has 45 heavy (non-hydrogen) atoms. The SMILES string of the molecule is CCCCn1c(-c2ccccc2)nc(-c2ccccc2)c1C(Cc1ccc2c(c1)OCO2)NCc1ccc2c(c1)CCC(=O)N2. The fraction of sp³-hybridized carbons (Fsp3) is 0.263. The van der Waals surface area contributed by atoms with Gasteiger partial charge in [-0.25, -0.2) is 4.98 Å². The Labute approximate surface area is 264 Å². The second-order valence-electron chi connectivity index (χ2n) is 11.8. The number of unbranched alkanes of at least 4 members (excludes halogenated alkanes) is 1. The predicted molar refractivity (Wildman–Crippen MR) is 177 cm³/mol. The highest BCUT2D eigenvalue weighted by Gasteiger charge is 2.27. The van der Waals surface area contributed by atoms with Crippen molar-refractivity contribution < 1.29 is 14.3 Å². The number of nitrogens with one attached hydrogen (secondary N) is 2. The first-order valence-electron chi connectivity index (χ1n) is 15.9. The lowest BCUT2D eigenvalue weighted by Crippen LogP contribution is -2.27. The zero-order valence-electron chi connectivity index (χ0n) is 25.6. The number of hydrogen-bond donors (Lipinski definition) is 2. The van der Waals surface area contributed by atoms with E-state index in [1.165, 1.54) is 16.8 Å². The topological polar surface area (TPSA) is 77.4 Å². The molecule has 1 atom stereocenters. The number of carbonyl (C=O) groups excluding carboxylic acids is 1. The number of imidazole rings is 1. The van der Waals surface area contributed by atoms with Crippen LogP contribution in [0.25, 0.3) is 22.6 Å². The van der Waals surface area contributed by atoms with E-state index in [0.717, 1.165) is 77.6 Å². The molecule has 2 aliphatic rings. The van der Waals surface area contributed by atoms with E-state index in [4.69, 9.17) is 14.5 Å². The molecule has 7 nitrogen and oxygen atoms in total. The number of benzene rings is 4. The predicted octanol–water partition coefficient (Wildman–Crippen LogP) is 7.70. The molecule has 0 radical (unpaired) electrons. The minimum absolute atomic E-state index is 0.0573. The van der Waals surface area contributed by atoms with E-state index in [1.807, 2.05) is 12.1 Å². The molecule has 228 valence electrons. The van der Waals surface area contributed by atoms with Gasteiger partial charge in [0, 0.05) is 36.3 Å². The average Bonchev–Trinajstić information content (AvgIpc) is 3.71. The molecular formula is C38H38N4O3. The van der Waals surface area contributed by atoms with Crippen LogP contribution in [0.5, 0.6) is 11.5 Å². The number of carbonyl (C=O) groups is 1. The third-order valence-corrected chi connectivity index (χ3v) is 8.65. The Kier molecular flexibility index (Phi) is 8.34. The summed E-state index contributed by atoms with van der Waals surface area (Å²) in [6.07, 6.45) is 4.15. The molecule has 5 aromatic rings. The maximum absolute atomic E-state index is 11.9. The molecule has 2 aliphatic heterocycles. The summed E-state index contributed by atoms with van der Waals surface area (Å²) < 4.78 is 13.8. The van der Waals surface area contributed by atoms with Gasteiger partial charge < -0.3 is 24.7 Å². The number of nitrogens with zero attached hydrogens (tertiary/aromatic N) is 2. The van der Waals surface area contributed by atoms with Gasteiger partial charge in [-0.15, -0.1) is 0 Å². The smallest absolute Gasteiger partial charge is 0.231 e. The van der Waals surface area contributed by atoms with Gasteiger partial charge in [0.25, 0.3) is 0 Å². The Morgan fingerprint density at radius 3 is 2.42 bits per heavy atom. The summed E-state index contributed by atoms with van der Waals surface area (Å²) in [5, 5.41) is 6.96. The van der Waals surface area contributed by atoms with Crippen LogP contribution in [0, 0.1) is 0 Å². The quantitative estimate of drug-likeness (QED) is 0.163. The van der Waals surface area contributed by atoms with Gasteiger partial charge in [-0.05, 0) is 54.2 Å². The Hall–Kier alpha value is -4.88. The van der Waals surface area contributed by atoms with Crippen LogP contribution in [0.2, 0.25) is 0 Å². The molecule has 1 unspecified atom stereocenters. The number of ether oxygens (including phenoxy) is 2. The Bertz CT molecular complexity index is 1800. The summed E-state index contributed by atoms with van der Waals surface area (Å²) >= 11 is 0. The van der Waals surface area contributed by atoms with Crippen LogP contribution in [-0.4, -0.2) is 22.3 Å². The number of aryl methyl sites for hydroxylation is 1. The molecule has 0 saturated carbocycles. The Balaban J connectivity index is 1.33. The van der Waals surface area contributed by atoms with Gasteiger partial charge in [-0.3, -0.25) is 4.79 Å². The molecule has 1 aromatic heterocycles. The van der Waals surface area contributed by atoms with E-state index in [1.54, 1.807) is 0 Å². The number of anilines is 1. The van der Waals surface area contributed by atoms with E-state index in [0.29, 0.717) is 13.0 Å². The van der Waals surface area contributed by atoms with E-state index < -0.39 is 0 Å². The minimum Gasteiger partial charge on any atom is -0.454 e. The molecule has 7 rings (SSSR count). The van der Waals surface area contributed by atoms with E-state index in [-0.39, 0.29) is 18.7 Å². The molecule has 0 bridgehead atoms. The lowest BCUT2D eigenvalue weighted by atomic mass is 9.97. The van der Waals surface area contributed by atoms with Crippen molar-refractivity contribution in [3.8, 4) is 34.1 Å². The first-order chi connectivity index (χ1) is 22.2. The molecule has 0 aliphatic carbocycles. The molecule has 3 heterocycles. The van der Waals surface area contributed by atoms with E-state index in [9.17, 15) is 4.79 Å². The first-order valence-corrected chi connectivity index (χ1v) is 15.9. The van der Waals surface area contributed by atoms with Gasteiger partial charge in [0.05, 0.1) is 17.4 Å². The maximum atomic E-state index is 11.9. The second kappa shape index (κ2) is 13.0. The van der Waals surface area contributed by atoms with Gasteiger partial charge in [-0.1, -0.05) is 92.2 Å². The zero-order chi connectivity index (χ0) is 30.6. The van der Waals surface area contributed by atoms with E-state index >= 15 is 0 Å². The Morgan fingerprint density at radius 1 is 0.867 bits per heavy atom. The summed E-state index contributed by atoms with van der Waals surface area (Å²) in [6.45, 7) is 4.03. The number of hydrogen-bond acceptors (Lipinski definition) is 5. The van der Waals surface area contributed by atoms with Crippen LogP contribution >= 0.6 is 0 Å². The fourth-order valence-electron chi connectivity index (χ4n) is 6.33. The van der Waals surface area contributed by atoms with Crippen LogP contribution in [0.3, 0.4) is 0 Å². The highest BCUT2D eigenvalue weighted by atomic mass is 16.7. The summed E-state index contributed by atoms with van der Waals surface area (Å²) in [4.78, 5) is 17.3. The van der Waals surface area contributed by atoms with Gasteiger partial charge in [-0.2, -0.15) is 0 Å². The highest BCUT2D eigenvalue weighted by molar-refractivity contribution is 5.93. The van der Waals surface area contributed by atoms with Crippen LogP contribution in [0.4, 0.5) is 5.69 Å². The van der Waals surface area contributed by atoms with Crippen LogP contribution in [0.15, 0.2) is 97.1 Å². The lowest BCUT2D eigenvalue weighted by Gasteiger charge is -2.24. The second-order valence-corrected chi connectivity index (χ2v) is 11.8. The van der Waals surface area contributed by atoms with Crippen molar-refractivity contribution in [1.82, 2.24) is 14.9 Å². The van der Waals surface area contributed by atoms with Crippen LogP contribution in [0.1, 0.15) is 54.6 Å². The third kappa shape index (κ3) is 6.22. The molecule has 1 amide bonds. The average molecular weight is 599 g/mol. The van der Waals surface area contributed by atoms with Gasteiger partial charge in [0.2, 0.25) is 12.7 Å². The van der Waals surface area contributed by atoms with Crippen LogP contribution < -0.4 is 20.1 Å². The first kappa shape index (κ1) is 28.9. The monoisotopic (exact) mass is 598 g/mol. The summed E-state index contributed by atoms with van der Waals surface area (Å²) in [6, 6.07) is 33.6. The molecule has 4 aromatic carbocycles. The van der Waals surface area contributed by atoms with Crippen molar-refractivity contribution >= 4 is 11.6 Å². The highest BCUT2D eigenvalue weighted by Crippen LogP contribution is 2.38. The van der Waals surface area contributed by atoms with Crippen molar-refractivity contribution in [2.24, 2.45) is 0 Å². The van der Waals surface area contributed by atoms with Gasteiger partial charge in [0.1, 0.15) is 5.82 Å². The lowest BCUT2D eigenvalue weighted by molar-refractivity contribution is -0.116. The van der Waals surface area contributed by atoms with Crippen molar-refractivity contribution in [2.45, 2.75) is 58.2 Å². The fourth-order valence-corrected chi connectivity index (χ4v) is 6.33. The Morgan fingerprint density at radius 2 is 1.62 bits per heavy atom. The molecule has 7 heteroatoms. The minimum atomic E-state index is -0.0573. The maximum Gasteiger partial charge on any atom is 0.231 e. The number of fused-ring (bicyclic) bond motifs is 2. The third-order valence-electron chi connectivity index (χ3n) is 8.65. The standard InChI is InChI=1S/C38H38N4O3/c1-2-3-20-42-37(36(28-10-6-4-7-11-28)41-38(42)29-12-8-5-9-13-29)32(22-26-15-18-33-34(23-26)45-25-44-33)39-24-27-14-17-31-30(21-27)16-19-35(43)40-31/h4-15,17-18,21,23,32,39H,2-3,16,19-20,22,24-25H2,1H3,(H,40,43). The van der Waals surface area contributed by atoms with E-state index in [2.05, 4.69) is 107 Å². The van der Waals surface area contributed by atoms with Gasteiger partial charge in [0.15, 0.2) is 11.5 Å². The molecule has 0 saturated heterocycles. The molecule has 2 N–H and O–H groups in total. The zero-order valence-corrected chi connectivity index (χ0v) is 25.6. The summed E-state index contributed by atoms with van der Waals surface area (Å²) in [7, 11) is 0. The van der Waals surface area contributed by atoms with Crippen molar-refractivity contribution in [3.05, 3.63) is 119 Å². The van der Waals surface area contributed by atoms with Gasteiger partial charge >= 0.3 is 0 Å². The molecule has 0 spiro atoms. The number of aromatic nitrogens is 2. The van der Waals surface area contributed by atoms with Crippen molar-refractivity contribution in [2.75, 3.05) is 12.1 Å². The number of amides is 1. The largest absolute Gasteiger partial charge is 0.454 e. The number of rotatable bonds is 11. The normalized spacial score (nSPS) is 14.2. The van der Waals surface area contributed by atoms with Crippen LogP contribution in [-0.2, 0) is 30.7 Å². The summed E-state index contributed by atoms with van der Waals surface area (Å²) in [5.74, 6) is 2.64. The summed E-state index contributed by atoms with van der Waals surface area (Å²) in [5.41, 5.74) is 8.83. The molecule has 0 fully saturated rings. The molecular weight excluding hydrogens is 560 g/mol. The van der Waals surface area contributed by atoms with Crippen molar-refractivity contribution in [3.63, 3.8) is 0 Å². The van der Waals surface area contributed by atoms with Crippen molar-refractivity contribution in [1.29, 1.82) is 0 Å².